The maximum atomic E-state index is 8.68. The van der Waals surface area contributed by atoms with Crippen LogP contribution in [-0.4, -0.2) is 5.54 Å². The van der Waals surface area contributed by atoms with Crippen LogP contribution in [-0.2, 0) is 0 Å². The first-order chi connectivity index (χ1) is 5.14. The first-order valence-corrected chi connectivity index (χ1v) is 4.25. The molecule has 58 valence electrons. The van der Waals surface area contributed by atoms with E-state index in [9.17, 15) is 0 Å². The number of hydrogen-bond acceptors (Lipinski definition) is 3. The van der Waals surface area contributed by atoms with Gasteiger partial charge < -0.3 is 5.32 Å². The van der Waals surface area contributed by atoms with Gasteiger partial charge in [0.15, 0.2) is 0 Å². The van der Waals surface area contributed by atoms with E-state index in [0.29, 0.717) is 0 Å². The molecular weight excluding hydrogens is 156 g/mol. The van der Waals surface area contributed by atoms with Gasteiger partial charge in [-0.25, -0.2) is 0 Å². The van der Waals surface area contributed by atoms with Crippen LogP contribution in [0.1, 0.15) is 13.8 Å². The van der Waals surface area contributed by atoms with Crippen LogP contribution in [0.15, 0.2) is 17.5 Å². The monoisotopic (exact) mass is 166 g/mol. The fourth-order valence-corrected chi connectivity index (χ4v) is 1.46. The Labute approximate surface area is 70.5 Å². The Balaban J connectivity index is 2.65. The van der Waals surface area contributed by atoms with Crippen molar-refractivity contribution in [3.63, 3.8) is 0 Å². The molecule has 0 saturated heterocycles. The van der Waals surface area contributed by atoms with E-state index in [2.05, 4.69) is 11.4 Å². The van der Waals surface area contributed by atoms with Gasteiger partial charge in [-0.3, -0.25) is 0 Å². The molecule has 0 unspecified atom stereocenters. The Morgan fingerprint density at radius 3 is 2.82 bits per heavy atom. The van der Waals surface area contributed by atoms with Crippen LogP contribution in [0.2, 0.25) is 0 Å². The van der Waals surface area contributed by atoms with Gasteiger partial charge in [0, 0.05) is 0 Å². The highest BCUT2D eigenvalue weighted by Crippen LogP contribution is 2.19. The molecule has 1 aromatic rings. The Kier molecular flexibility index (Phi) is 2.16. The van der Waals surface area contributed by atoms with E-state index in [-0.39, 0.29) is 0 Å². The fourth-order valence-electron chi connectivity index (χ4n) is 0.686. The summed E-state index contributed by atoms with van der Waals surface area (Å²) >= 11 is 1.60. The van der Waals surface area contributed by atoms with Crippen LogP contribution < -0.4 is 5.32 Å². The first kappa shape index (κ1) is 8.09. The molecule has 0 amide bonds. The van der Waals surface area contributed by atoms with Crippen molar-refractivity contribution in [2.24, 2.45) is 0 Å². The van der Waals surface area contributed by atoms with E-state index in [1.165, 1.54) is 0 Å². The predicted octanol–water partition coefficient (Wildman–Crippen LogP) is 2.46. The minimum Gasteiger partial charge on any atom is -0.360 e. The standard InChI is InChI=1S/C8H10N2S/c1-8(2,6-9)10-7-4-3-5-11-7/h3-5,10H,1-2H3. The molecule has 0 spiro atoms. The van der Waals surface area contributed by atoms with Crippen molar-refractivity contribution >= 4 is 16.3 Å². The number of nitriles is 1. The highest BCUT2D eigenvalue weighted by molar-refractivity contribution is 7.14. The van der Waals surface area contributed by atoms with E-state index in [4.69, 9.17) is 5.26 Å². The lowest BCUT2D eigenvalue weighted by atomic mass is 10.1. The third kappa shape index (κ3) is 2.24. The second-order valence-electron chi connectivity index (χ2n) is 2.84. The van der Waals surface area contributed by atoms with Gasteiger partial charge in [-0.1, -0.05) is 0 Å². The normalized spacial score (nSPS) is 10.6. The van der Waals surface area contributed by atoms with Gasteiger partial charge in [0.05, 0.1) is 11.1 Å². The second kappa shape index (κ2) is 2.93. The molecule has 11 heavy (non-hydrogen) atoms. The molecular formula is C8H10N2S. The van der Waals surface area contributed by atoms with Crippen molar-refractivity contribution in [3.05, 3.63) is 17.5 Å². The summed E-state index contributed by atoms with van der Waals surface area (Å²) in [5.41, 5.74) is -0.467. The minimum atomic E-state index is -0.467. The number of rotatable bonds is 2. The van der Waals surface area contributed by atoms with Crippen LogP contribution in [0.5, 0.6) is 0 Å². The summed E-state index contributed by atoms with van der Waals surface area (Å²) in [5, 5.41) is 14.8. The molecule has 1 heterocycles. The molecule has 0 aliphatic heterocycles. The predicted molar refractivity (Wildman–Crippen MR) is 47.6 cm³/mol. The van der Waals surface area contributed by atoms with E-state index >= 15 is 0 Å². The average Bonchev–Trinajstić information content (AvgIpc) is 2.39. The fraction of sp³-hybridized carbons (Fsp3) is 0.375. The summed E-state index contributed by atoms with van der Waals surface area (Å²) in [6, 6.07) is 6.10. The third-order valence-electron chi connectivity index (χ3n) is 1.24. The average molecular weight is 166 g/mol. The van der Waals surface area contributed by atoms with Crippen molar-refractivity contribution in [3.8, 4) is 6.07 Å². The highest BCUT2D eigenvalue weighted by atomic mass is 32.1. The van der Waals surface area contributed by atoms with Crippen LogP contribution in [0, 0.1) is 11.3 Å². The van der Waals surface area contributed by atoms with Crippen molar-refractivity contribution in [1.82, 2.24) is 0 Å². The lowest BCUT2D eigenvalue weighted by Crippen LogP contribution is -2.27. The Hall–Kier alpha value is -1.01. The first-order valence-electron chi connectivity index (χ1n) is 3.37. The number of anilines is 1. The van der Waals surface area contributed by atoms with Crippen LogP contribution in [0.25, 0.3) is 0 Å². The number of nitrogens with zero attached hydrogens (tertiary/aromatic N) is 1. The molecule has 0 radical (unpaired) electrons. The summed E-state index contributed by atoms with van der Waals surface area (Å²) in [5.74, 6) is 0. The number of nitrogens with one attached hydrogen (secondary N) is 1. The zero-order chi connectivity index (χ0) is 8.32. The molecule has 0 bridgehead atoms. The Morgan fingerprint density at radius 1 is 1.64 bits per heavy atom. The van der Waals surface area contributed by atoms with Gasteiger partial charge in [0.1, 0.15) is 5.54 Å². The highest BCUT2D eigenvalue weighted by Gasteiger charge is 2.15. The molecule has 2 nitrogen and oxygen atoms in total. The quantitative estimate of drug-likeness (QED) is 0.732. The summed E-state index contributed by atoms with van der Waals surface area (Å²) < 4.78 is 0. The maximum Gasteiger partial charge on any atom is 0.120 e. The molecule has 1 N–H and O–H groups in total. The Bertz CT molecular complexity index is 256. The largest absolute Gasteiger partial charge is 0.360 e. The third-order valence-corrected chi connectivity index (χ3v) is 2.02. The van der Waals surface area contributed by atoms with Gasteiger partial charge in [0.2, 0.25) is 0 Å². The molecule has 0 aromatic carbocycles. The van der Waals surface area contributed by atoms with E-state index in [1.807, 2.05) is 31.4 Å². The van der Waals surface area contributed by atoms with Crippen LogP contribution >= 0.6 is 11.3 Å². The van der Waals surface area contributed by atoms with E-state index in [1.54, 1.807) is 11.3 Å². The molecule has 3 heteroatoms. The summed E-state index contributed by atoms with van der Waals surface area (Å²) in [7, 11) is 0. The van der Waals surface area contributed by atoms with Gasteiger partial charge >= 0.3 is 0 Å². The minimum absolute atomic E-state index is 0.467. The lowest BCUT2D eigenvalue weighted by Gasteiger charge is -2.16. The van der Waals surface area contributed by atoms with Crippen LogP contribution in [0.3, 0.4) is 0 Å². The number of thiophene rings is 1. The molecule has 0 aliphatic rings. The van der Waals surface area contributed by atoms with Gasteiger partial charge in [-0.15, -0.1) is 11.3 Å². The zero-order valence-electron chi connectivity index (χ0n) is 6.59. The van der Waals surface area contributed by atoms with Crippen molar-refractivity contribution < 1.29 is 0 Å². The van der Waals surface area contributed by atoms with E-state index < -0.39 is 5.54 Å². The van der Waals surface area contributed by atoms with Crippen molar-refractivity contribution in [2.45, 2.75) is 19.4 Å². The van der Waals surface area contributed by atoms with Gasteiger partial charge in [-0.05, 0) is 31.4 Å². The lowest BCUT2D eigenvalue weighted by molar-refractivity contribution is 0.732. The molecule has 0 aliphatic carbocycles. The molecule has 0 atom stereocenters. The maximum absolute atomic E-state index is 8.68. The second-order valence-corrected chi connectivity index (χ2v) is 3.79. The van der Waals surface area contributed by atoms with Crippen molar-refractivity contribution in [2.75, 3.05) is 5.32 Å². The van der Waals surface area contributed by atoms with E-state index in [0.717, 1.165) is 5.00 Å². The summed E-state index contributed by atoms with van der Waals surface area (Å²) in [6.07, 6.45) is 0. The van der Waals surface area contributed by atoms with Gasteiger partial charge in [0.25, 0.3) is 0 Å². The summed E-state index contributed by atoms with van der Waals surface area (Å²) in [4.78, 5) is 0. The van der Waals surface area contributed by atoms with Crippen LogP contribution in [0.4, 0.5) is 5.00 Å². The number of hydrogen-bond donors (Lipinski definition) is 1. The molecule has 1 rings (SSSR count). The molecule has 1 aromatic heterocycles. The SMILES string of the molecule is CC(C)(C#N)Nc1cccs1. The molecule has 0 fully saturated rings. The molecule has 0 saturated carbocycles. The topological polar surface area (TPSA) is 35.8 Å². The smallest absolute Gasteiger partial charge is 0.120 e. The summed E-state index contributed by atoms with van der Waals surface area (Å²) in [6.45, 7) is 3.71. The zero-order valence-corrected chi connectivity index (χ0v) is 7.40. The van der Waals surface area contributed by atoms with Crippen molar-refractivity contribution in [1.29, 1.82) is 5.26 Å². The van der Waals surface area contributed by atoms with Gasteiger partial charge in [-0.2, -0.15) is 5.26 Å². The Morgan fingerprint density at radius 2 is 2.36 bits per heavy atom.